The lowest BCUT2D eigenvalue weighted by Crippen LogP contribution is -2.37. The van der Waals surface area contributed by atoms with E-state index in [1.165, 1.54) is 0 Å². The van der Waals surface area contributed by atoms with Crippen LogP contribution in [-0.2, 0) is 4.74 Å². The van der Waals surface area contributed by atoms with Crippen molar-refractivity contribution in [1.29, 1.82) is 0 Å². The van der Waals surface area contributed by atoms with E-state index in [0.717, 1.165) is 16.7 Å². The number of primary amides is 1. The number of halogens is 1. The standard InChI is InChI=1S/C19H20ClNO4/c1-19(2)10-24-16-8-11(4-6-13(16)17(19)25-18(21)22)14-9-12(23-3)5-7-15(14)20/h4-9,17H,10H2,1-3H3,(H2,21,22). The topological polar surface area (TPSA) is 70.8 Å². The lowest BCUT2D eigenvalue weighted by Gasteiger charge is -2.38. The third kappa shape index (κ3) is 3.37. The number of amides is 1. The van der Waals surface area contributed by atoms with Gasteiger partial charge in [0.2, 0.25) is 0 Å². The summed E-state index contributed by atoms with van der Waals surface area (Å²) < 4.78 is 16.5. The molecule has 2 aromatic carbocycles. The number of nitrogens with two attached hydrogens (primary N) is 1. The first kappa shape index (κ1) is 17.4. The van der Waals surface area contributed by atoms with Crippen molar-refractivity contribution < 1.29 is 19.0 Å². The zero-order chi connectivity index (χ0) is 18.2. The van der Waals surface area contributed by atoms with Crippen molar-refractivity contribution in [3.63, 3.8) is 0 Å². The zero-order valence-corrected chi connectivity index (χ0v) is 15.1. The van der Waals surface area contributed by atoms with Crippen LogP contribution in [0.5, 0.6) is 11.5 Å². The third-order valence-electron chi connectivity index (χ3n) is 4.32. The van der Waals surface area contributed by atoms with Crippen LogP contribution >= 0.6 is 11.6 Å². The molecule has 1 aliphatic rings. The molecule has 0 radical (unpaired) electrons. The number of benzene rings is 2. The first-order valence-corrected chi connectivity index (χ1v) is 8.26. The van der Waals surface area contributed by atoms with Gasteiger partial charge in [-0.2, -0.15) is 0 Å². The van der Waals surface area contributed by atoms with Crippen molar-refractivity contribution in [1.82, 2.24) is 0 Å². The molecule has 1 aliphatic heterocycles. The van der Waals surface area contributed by atoms with Gasteiger partial charge in [-0.1, -0.05) is 37.6 Å². The average molecular weight is 362 g/mol. The van der Waals surface area contributed by atoms with E-state index in [4.69, 9.17) is 31.5 Å². The van der Waals surface area contributed by atoms with Crippen LogP contribution in [0.2, 0.25) is 5.02 Å². The summed E-state index contributed by atoms with van der Waals surface area (Å²) in [7, 11) is 1.61. The Morgan fingerprint density at radius 2 is 2.04 bits per heavy atom. The van der Waals surface area contributed by atoms with E-state index in [9.17, 15) is 4.79 Å². The highest BCUT2D eigenvalue weighted by molar-refractivity contribution is 6.33. The van der Waals surface area contributed by atoms with E-state index in [1.807, 2.05) is 38.1 Å². The Balaban J connectivity index is 2.05. The second kappa shape index (κ2) is 6.48. The minimum atomic E-state index is -0.800. The van der Waals surface area contributed by atoms with Crippen LogP contribution in [0.3, 0.4) is 0 Å². The van der Waals surface area contributed by atoms with Crippen molar-refractivity contribution in [2.75, 3.05) is 13.7 Å². The highest BCUT2D eigenvalue weighted by atomic mass is 35.5. The van der Waals surface area contributed by atoms with Gasteiger partial charge in [-0.25, -0.2) is 4.79 Å². The Hall–Kier alpha value is -2.40. The van der Waals surface area contributed by atoms with Crippen molar-refractivity contribution in [2.24, 2.45) is 11.1 Å². The summed E-state index contributed by atoms with van der Waals surface area (Å²) in [6.45, 7) is 4.35. The maximum absolute atomic E-state index is 11.3. The number of carbonyl (C=O) groups is 1. The Bertz CT molecular complexity index is 819. The number of rotatable bonds is 3. The van der Waals surface area contributed by atoms with Crippen LogP contribution < -0.4 is 15.2 Å². The molecule has 1 amide bonds. The molecular formula is C19H20ClNO4. The quantitative estimate of drug-likeness (QED) is 0.869. The Morgan fingerprint density at radius 1 is 1.28 bits per heavy atom. The van der Waals surface area contributed by atoms with Crippen LogP contribution in [0.4, 0.5) is 4.79 Å². The van der Waals surface area contributed by atoms with E-state index in [0.29, 0.717) is 23.1 Å². The maximum Gasteiger partial charge on any atom is 0.405 e. The highest BCUT2D eigenvalue weighted by Crippen LogP contribution is 2.46. The normalized spacial score (nSPS) is 18.0. The average Bonchev–Trinajstić information content (AvgIpc) is 2.57. The van der Waals surface area contributed by atoms with Gasteiger partial charge in [0.25, 0.3) is 0 Å². The fourth-order valence-corrected chi connectivity index (χ4v) is 3.22. The molecule has 0 bridgehead atoms. The molecule has 132 valence electrons. The molecule has 0 fully saturated rings. The van der Waals surface area contributed by atoms with Gasteiger partial charge in [-0.3, -0.25) is 0 Å². The number of hydrogen-bond donors (Lipinski definition) is 1. The van der Waals surface area contributed by atoms with Gasteiger partial charge in [0.05, 0.1) is 13.7 Å². The third-order valence-corrected chi connectivity index (χ3v) is 4.65. The molecule has 2 aromatic rings. The molecule has 3 rings (SSSR count). The molecule has 6 heteroatoms. The fraction of sp³-hybridized carbons (Fsp3) is 0.316. The summed E-state index contributed by atoms with van der Waals surface area (Å²) in [6.07, 6.45) is -1.27. The summed E-state index contributed by atoms with van der Waals surface area (Å²) in [6, 6.07) is 11.2. The lowest BCUT2D eigenvalue weighted by molar-refractivity contribution is -0.0176. The fourth-order valence-electron chi connectivity index (χ4n) is 3.00. The lowest BCUT2D eigenvalue weighted by atomic mass is 9.80. The number of ether oxygens (including phenoxy) is 3. The van der Waals surface area contributed by atoms with Crippen LogP contribution in [0.1, 0.15) is 25.5 Å². The summed E-state index contributed by atoms with van der Waals surface area (Å²) in [5, 5.41) is 0.613. The number of hydrogen-bond acceptors (Lipinski definition) is 4. The van der Waals surface area contributed by atoms with E-state index in [-0.39, 0.29) is 5.41 Å². The van der Waals surface area contributed by atoms with Gasteiger partial charge in [0.1, 0.15) is 17.6 Å². The SMILES string of the molecule is COc1ccc(Cl)c(-c2ccc3c(c2)OCC(C)(C)C3OC(N)=O)c1. The number of methoxy groups -OCH3 is 1. The summed E-state index contributed by atoms with van der Waals surface area (Å²) in [5.41, 5.74) is 7.38. The van der Waals surface area contributed by atoms with Crippen molar-refractivity contribution in [2.45, 2.75) is 20.0 Å². The molecule has 5 nitrogen and oxygen atoms in total. The predicted octanol–water partition coefficient (Wildman–Crippen LogP) is 4.57. The van der Waals surface area contributed by atoms with Crippen LogP contribution in [-0.4, -0.2) is 19.8 Å². The molecule has 0 aliphatic carbocycles. The van der Waals surface area contributed by atoms with Gasteiger partial charge in [0.15, 0.2) is 0 Å². The zero-order valence-electron chi connectivity index (χ0n) is 14.3. The highest BCUT2D eigenvalue weighted by Gasteiger charge is 2.40. The van der Waals surface area contributed by atoms with E-state index in [2.05, 4.69) is 0 Å². The van der Waals surface area contributed by atoms with Crippen molar-refractivity contribution in [3.05, 3.63) is 47.0 Å². The summed E-state index contributed by atoms with van der Waals surface area (Å²) in [5.74, 6) is 1.37. The molecule has 0 saturated heterocycles. The number of carbonyl (C=O) groups excluding carboxylic acids is 1. The monoisotopic (exact) mass is 361 g/mol. The van der Waals surface area contributed by atoms with E-state index >= 15 is 0 Å². The van der Waals surface area contributed by atoms with Crippen LogP contribution in [0.15, 0.2) is 36.4 Å². The molecule has 1 heterocycles. The van der Waals surface area contributed by atoms with E-state index in [1.54, 1.807) is 19.2 Å². The van der Waals surface area contributed by atoms with Crippen molar-refractivity contribution >= 4 is 17.7 Å². The Morgan fingerprint density at radius 3 is 2.72 bits per heavy atom. The molecule has 2 N–H and O–H groups in total. The van der Waals surface area contributed by atoms with Crippen LogP contribution in [0.25, 0.3) is 11.1 Å². The second-order valence-corrected chi connectivity index (χ2v) is 7.10. The molecule has 25 heavy (non-hydrogen) atoms. The maximum atomic E-state index is 11.3. The molecular weight excluding hydrogens is 342 g/mol. The van der Waals surface area contributed by atoms with Gasteiger partial charge < -0.3 is 19.9 Å². The van der Waals surface area contributed by atoms with Gasteiger partial charge in [-0.15, -0.1) is 0 Å². The Kier molecular flexibility index (Phi) is 4.52. The van der Waals surface area contributed by atoms with Gasteiger partial charge in [0, 0.05) is 21.6 Å². The Labute approximate surface area is 151 Å². The largest absolute Gasteiger partial charge is 0.497 e. The minimum Gasteiger partial charge on any atom is -0.497 e. The molecule has 0 saturated carbocycles. The van der Waals surface area contributed by atoms with Crippen LogP contribution in [0, 0.1) is 5.41 Å². The first-order valence-electron chi connectivity index (χ1n) is 7.88. The van der Waals surface area contributed by atoms with Gasteiger partial charge in [-0.05, 0) is 29.8 Å². The van der Waals surface area contributed by atoms with E-state index < -0.39 is 12.2 Å². The smallest absolute Gasteiger partial charge is 0.405 e. The first-order chi connectivity index (χ1) is 11.8. The minimum absolute atomic E-state index is 0.378. The molecule has 0 aromatic heterocycles. The summed E-state index contributed by atoms with van der Waals surface area (Å²) in [4.78, 5) is 11.3. The molecule has 0 spiro atoms. The summed E-state index contributed by atoms with van der Waals surface area (Å²) >= 11 is 6.33. The second-order valence-electron chi connectivity index (χ2n) is 6.69. The molecule has 1 atom stereocenters. The van der Waals surface area contributed by atoms with Crippen molar-refractivity contribution in [3.8, 4) is 22.6 Å². The number of fused-ring (bicyclic) bond motifs is 1. The predicted molar refractivity (Wildman–Crippen MR) is 96.1 cm³/mol. The van der Waals surface area contributed by atoms with Gasteiger partial charge >= 0.3 is 6.09 Å². The molecule has 1 unspecified atom stereocenters.